The van der Waals surface area contributed by atoms with E-state index in [0.29, 0.717) is 6.04 Å². The number of rotatable bonds is 6. The zero-order valence-electron chi connectivity index (χ0n) is 12.4. The fourth-order valence-electron chi connectivity index (χ4n) is 2.24. The maximum Gasteiger partial charge on any atom is 0.145 e. The molecule has 2 rings (SSSR count). The van der Waals surface area contributed by atoms with Gasteiger partial charge in [0.25, 0.3) is 0 Å². The van der Waals surface area contributed by atoms with Crippen molar-refractivity contribution >= 4 is 0 Å². The van der Waals surface area contributed by atoms with Gasteiger partial charge in [-0.2, -0.15) is 0 Å². The summed E-state index contributed by atoms with van der Waals surface area (Å²) in [6.07, 6.45) is 3.77. The molecule has 0 spiro atoms. The number of ether oxygens (including phenoxy) is 1. The Bertz CT molecular complexity index is 533. The SMILES string of the molecule is CCc1ccccc1Oc1ccc(C(CC)NC)nc1. The zero-order valence-corrected chi connectivity index (χ0v) is 12.4. The second-order valence-corrected chi connectivity index (χ2v) is 4.73. The van der Waals surface area contributed by atoms with Crippen LogP contribution in [0, 0.1) is 0 Å². The molecular weight excluding hydrogens is 248 g/mol. The summed E-state index contributed by atoms with van der Waals surface area (Å²) >= 11 is 0. The molecule has 0 aliphatic carbocycles. The van der Waals surface area contributed by atoms with E-state index in [1.54, 1.807) is 6.20 Å². The number of pyridine rings is 1. The van der Waals surface area contributed by atoms with Crippen LogP contribution in [0.25, 0.3) is 0 Å². The quantitative estimate of drug-likeness (QED) is 0.857. The molecule has 1 N–H and O–H groups in total. The number of hydrogen-bond acceptors (Lipinski definition) is 3. The van der Waals surface area contributed by atoms with Gasteiger partial charge in [0.15, 0.2) is 0 Å². The number of para-hydroxylation sites is 1. The van der Waals surface area contributed by atoms with Gasteiger partial charge in [0.05, 0.1) is 11.9 Å². The summed E-state index contributed by atoms with van der Waals surface area (Å²) in [5, 5.41) is 3.25. The lowest BCUT2D eigenvalue weighted by Gasteiger charge is -2.14. The third-order valence-corrected chi connectivity index (χ3v) is 3.45. The average Bonchev–Trinajstić information content (AvgIpc) is 2.51. The number of nitrogens with one attached hydrogen (secondary N) is 1. The molecule has 0 radical (unpaired) electrons. The Morgan fingerprint density at radius 2 is 1.95 bits per heavy atom. The molecule has 3 nitrogen and oxygen atoms in total. The second-order valence-electron chi connectivity index (χ2n) is 4.73. The lowest BCUT2D eigenvalue weighted by atomic mass is 10.1. The van der Waals surface area contributed by atoms with Crippen LogP contribution in [-0.2, 0) is 6.42 Å². The Morgan fingerprint density at radius 3 is 2.55 bits per heavy atom. The van der Waals surface area contributed by atoms with Gasteiger partial charge in [0.2, 0.25) is 0 Å². The standard InChI is InChI=1S/C17H22N2O/c1-4-13-8-6-7-9-17(13)20-14-10-11-16(19-12-14)15(5-2)18-3/h6-12,15,18H,4-5H2,1-3H3. The number of aromatic nitrogens is 1. The molecule has 1 unspecified atom stereocenters. The summed E-state index contributed by atoms with van der Waals surface area (Å²) in [5.41, 5.74) is 2.25. The van der Waals surface area contributed by atoms with Crippen LogP contribution in [0.1, 0.15) is 37.6 Å². The number of benzene rings is 1. The van der Waals surface area contributed by atoms with E-state index < -0.39 is 0 Å². The Labute approximate surface area is 121 Å². The molecule has 0 bridgehead atoms. The van der Waals surface area contributed by atoms with Gasteiger partial charge in [-0.3, -0.25) is 4.98 Å². The van der Waals surface area contributed by atoms with Gasteiger partial charge in [0, 0.05) is 6.04 Å². The minimum absolute atomic E-state index is 0.298. The lowest BCUT2D eigenvalue weighted by Crippen LogP contribution is -2.16. The van der Waals surface area contributed by atoms with Gasteiger partial charge in [-0.05, 0) is 43.7 Å². The summed E-state index contributed by atoms with van der Waals surface area (Å²) in [5.74, 6) is 1.69. The molecule has 0 fully saturated rings. The zero-order chi connectivity index (χ0) is 14.4. The van der Waals surface area contributed by atoms with Crippen LogP contribution >= 0.6 is 0 Å². The maximum absolute atomic E-state index is 5.92. The fraction of sp³-hybridized carbons (Fsp3) is 0.353. The number of aryl methyl sites for hydroxylation is 1. The largest absolute Gasteiger partial charge is 0.455 e. The van der Waals surface area contributed by atoms with E-state index in [1.807, 2.05) is 37.4 Å². The van der Waals surface area contributed by atoms with Crippen LogP contribution in [0.15, 0.2) is 42.6 Å². The molecule has 20 heavy (non-hydrogen) atoms. The van der Waals surface area contributed by atoms with Gasteiger partial charge in [-0.25, -0.2) is 0 Å². The van der Waals surface area contributed by atoms with E-state index in [4.69, 9.17) is 4.74 Å². The van der Waals surface area contributed by atoms with E-state index in [0.717, 1.165) is 30.0 Å². The molecule has 3 heteroatoms. The molecule has 2 aromatic rings. The first-order chi connectivity index (χ1) is 9.78. The smallest absolute Gasteiger partial charge is 0.145 e. The summed E-state index contributed by atoms with van der Waals surface area (Å²) < 4.78 is 5.92. The third kappa shape index (κ3) is 3.36. The first-order valence-corrected chi connectivity index (χ1v) is 7.17. The normalized spacial score (nSPS) is 12.2. The minimum Gasteiger partial charge on any atom is -0.455 e. The number of hydrogen-bond donors (Lipinski definition) is 1. The molecular formula is C17H22N2O. The van der Waals surface area contributed by atoms with Gasteiger partial charge < -0.3 is 10.1 Å². The molecule has 0 saturated heterocycles. The van der Waals surface area contributed by atoms with Crippen LogP contribution in [0.5, 0.6) is 11.5 Å². The highest BCUT2D eigenvalue weighted by Gasteiger charge is 2.08. The highest BCUT2D eigenvalue weighted by Crippen LogP contribution is 2.26. The second kappa shape index (κ2) is 7.06. The number of nitrogens with zero attached hydrogens (tertiary/aromatic N) is 1. The highest BCUT2D eigenvalue weighted by atomic mass is 16.5. The van der Waals surface area contributed by atoms with E-state index in [-0.39, 0.29) is 0 Å². The van der Waals surface area contributed by atoms with Gasteiger partial charge in [-0.1, -0.05) is 32.0 Å². The molecule has 1 aromatic heterocycles. The Morgan fingerprint density at radius 1 is 1.15 bits per heavy atom. The van der Waals surface area contributed by atoms with Crippen molar-refractivity contribution in [1.82, 2.24) is 10.3 Å². The summed E-state index contributed by atoms with van der Waals surface area (Å²) in [7, 11) is 1.96. The molecule has 0 saturated carbocycles. The van der Waals surface area contributed by atoms with Crippen molar-refractivity contribution in [2.24, 2.45) is 0 Å². The van der Waals surface area contributed by atoms with Crippen molar-refractivity contribution < 1.29 is 4.74 Å². The Hall–Kier alpha value is -1.87. The summed E-state index contributed by atoms with van der Waals surface area (Å²) in [6, 6.07) is 12.4. The lowest BCUT2D eigenvalue weighted by molar-refractivity contribution is 0.472. The van der Waals surface area contributed by atoms with Crippen molar-refractivity contribution in [2.45, 2.75) is 32.7 Å². The molecule has 0 aliphatic heterocycles. The van der Waals surface area contributed by atoms with Gasteiger partial charge in [0.1, 0.15) is 11.5 Å². The van der Waals surface area contributed by atoms with Crippen molar-refractivity contribution in [3.05, 3.63) is 53.9 Å². The van der Waals surface area contributed by atoms with Gasteiger partial charge >= 0.3 is 0 Å². The van der Waals surface area contributed by atoms with E-state index in [2.05, 4.69) is 30.2 Å². The van der Waals surface area contributed by atoms with Crippen LogP contribution in [-0.4, -0.2) is 12.0 Å². The van der Waals surface area contributed by atoms with E-state index >= 15 is 0 Å². The van der Waals surface area contributed by atoms with E-state index in [1.165, 1.54) is 5.56 Å². The first kappa shape index (κ1) is 14.5. The van der Waals surface area contributed by atoms with Crippen LogP contribution in [0.3, 0.4) is 0 Å². The van der Waals surface area contributed by atoms with Crippen molar-refractivity contribution in [2.75, 3.05) is 7.05 Å². The van der Waals surface area contributed by atoms with Crippen molar-refractivity contribution in [3.8, 4) is 11.5 Å². The average molecular weight is 270 g/mol. The van der Waals surface area contributed by atoms with Crippen LogP contribution in [0.2, 0.25) is 0 Å². The molecule has 106 valence electrons. The summed E-state index contributed by atoms with van der Waals surface area (Å²) in [6.45, 7) is 4.27. The van der Waals surface area contributed by atoms with Crippen LogP contribution < -0.4 is 10.1 Å². The molecule has 0 aliphatic rings. The molecule has 1 atom stereocenters. The maximum atomic E-state index is 5.92. The molecule has 0 amide bonds. The van der Waals surface area contributed by atoms with E-state index in [9.17, 15) is 0 Å². The third-order valence-electron chi connectivity index (χ3n) is 3.45. The Kier molecular flexibility index (Phi) is 5.13. The predicted octanol–water partition coefficient (Wildman–Crippen LogP) is 4.11. The minimum atomic E-state index is 0.298. The molecule has 1 heterocycles. The monoisotopic (exact) mass is 270 g/mol. The predicted molar refractivity (Wildman–Crippen MR) is 82.2 cm³/mol. The van der Waals surface area contributed by atoms with Crippen LogP contribution in [0.4, 0.5) is 0 Å². The first-order valence-electron chi connectivity index (χ1n) is 7.17. The van der Waals surface area contributed by atoms with Crippen molar-refractivity contribution in [1.29, 1.82) is 0 Å². The van der Waals surface area contributed by atoms with Gasteiger partial charge in [-0.15, -0.1) is 0 Å². The van der Waals surface area contributed by atoms with Crippen molar-refractivity contribution in [3.63, 3.8) is 0 Å². The Balaban J connectivity index is 2.14. The topological polar surface area (TPSA) is 34.1 Å². The highest BCUT2D eigenvalue weighted by molar-refractivity contribution is 5.37. The summed E-state index contributed by atoms with van der Waals surface area (Å²) in [4.78, 5) is 4.48. The fourth-order valence-corrected chi connectivity index (χ4v) is 2.24. The molecule has 1 aromatic carbocycles.